The fraction of sp³-hybridized carbons (Fsp3) is 0.125. The molecule has 0 heterocycles. The summed E-state index contributed by atoms with van der Waals surface area (Å²) in [7, 11) is -5.18. The molecule has 0 aliphatic heterocycles. The van der Waals surface area contributed by atoms with Crippen LogP contribution >= 0.6 is 0 Å². The van der Waals surface area contributed by atoms with Crippen molar-refractivity contribution >= 4 is 9.84 Å². The zero-order valence-corrected chi connectivity index (χ0v) is 7.64. The van der Waals surface area contributed by atoms with Crippen molar-refractivity contribution in [2.75, 3.05) is 0 Å². The average Bonchev–Trinajstić information content (AvgIpc) is 2.03. The third-order valence-corrected chi connectivity index (χ3v) is 2.64. The molecule has 78 valence electrons. The number of hydrogen-bond acceptors (Lipinski definition) is 2. The van der Waals surface area contributed by atoms with Crippen molar-refractivity contribution in [2.45, 2.75) is 5.51 Å². The minimum Gasteiger partial charge on any atom is -0.225 e. The summed E-state index contributed by atoms with van der Waals surface area (Å²) in [6.07, 6.45) is 7.06. The average molecular weight is 223 g/mol. The molecule has 0 aromatic rings. The predicted octanol–water partition coefficient (Wildman–Crippen LogP) is 2.14. The molecule has 0 saturated heterocycles. The fourth-order valence-electron chi connectivity index (χ4n) is 0.778. The summed E-state index contributed by atoms with van der Waals surface area (Å²) >= 11 is 0. The molecule has 0 unspecified atom stereocenters. The van der Waals surface area contributed by atoms with E-state index in [-0.39, 0.29) is 11.0 Å². The maximum atomic E-state index is 11.9. The van der Waals surface area contributed by atoms with Gasteiger partial charge in [0.25, 0.3) is 0 Å². The minimum absolute atomic E-state index is 0.00447. The summed E-state index contributed by atoms with van der Waals surface area (Å²) in [6.45, 7) is 0. The lowest BCUT2D eigenvalue weighted by Crippen LogP contribution is -2.20. The number of sulfone groups is 1. The van der Waals surface area contributed by atoms with Gasteiger partial charge in [-0.1, -0.05) is 0 Å². The van der Waals surface area contributed by atoms with Gasteiger partial charge in [0.2, 0.25) is 9.84 Å². The maximum Gasteiger partial charge on any atom is 0.493 e. The molecule has 0 bridgehead atoms. The Morgan fingerprint density at radius 1 is 1.29 bits per heavy atom. The second-order valence-corrected chi connectivity index (χ2v) is 4.31. The van der Waals surface area contributed by atoms with Crippen LogP contribution in [0, 0.1) is 6.42 Å². The van der Waals surface area contributed by atoms with Crippen LogP contribution in [-0.4, -0.2) is 13.9 Å². The summed E-state index contributed by atoms with van der Waals surface area (Å²) in [4.78, 5) is 0. The van der Waals surface area contributed by atoms with Gasteiger partial charge in [-0.05, 0) is 5.41 Å². The van der Waals surface area contributed by atoms with Crippen LogP contribution in [0.1, 0.15) is 0 Å². The van der Waals surface area contributed by atoms with Crippen molar-refractivity contribution in [2.24, 2.45) is 0 Å². The second kappa shape index (κ2) is 3.53. The smallest absolute Gasteiger partial charge is 0.225 e. The van der Waals surface area contributed by atoms with Crippen molar-refractivity contribution in [3.05, 3.63) is 41.7 Å². The van der Waals surface area contributed by atoms with Crippen molar-refractivity contribution < 1.29 is 21.6 Å². The quantitative estimate of drug-likeness (QED) is 0.638. The van der Waals surface area contributed by atoms with Gasteiger partial charge in [-0.25, -0.2) is 8.42 Å². The molecule has 0 radical (unpaired) electrons. The molecule has 14 heavy (non-hydrogen) atoms. The molecule has 0 spiro atoms. The number of alkyl halides is 3. The van der Waals surface area contributed by atoms with E-state index >= 15 is 0 Å². The van der Waals surface area contributed by atoms with Gasteiger partial charge in [-0.2, -0.15) is 13.2 Å². The van der Waals surface area contributed by atoms with Crippen LogP contribution in [0.5, 0.6) is 0 Å². The number of hydrogen-bond donors (Lipinski definition) is 0. The van der Waals surface area contributed by atoms with Gasteiger partial charge in [0, 0.05) is 0 Å². The second-order valence-electron chi connectivity index (χ2n) is 2.52. The first-order chi connectivity index (χ1) is 6.33. The summed E-state index contributed by atoms with van der Waals surface area (Å²) in [5, 5.41) is 0.201. The lowest BCUT2D eigenvalue weighted by molar-refractivity contribution is -0.0423. The highest BCUT2D eigenvalue weighted by Gasteiger charge is 2.42. The molecule has 0 aromatic heterocycles. The Morgan fingerprint density at radius 2 is 1.93 bits per heavy atom. The maximum absolute atomic E-state index is 11.9. The standard InChI is InChI=1S/C8H6F3O2S/c9-8(10,11)14(12,13)6-7-4-2-1-3-5-7/h1-6H/q-1. The molecule has 1 aliphatic carbocycles. The van der Waals surface area contributed by atoms with Crippen molar-refractivity contribution in [1.82, 2.24) is 0 Å². The molecular formula is C8H6F3O2S-. The molecule has 1 rings (SSSR count). The van der Waals surface area contributed by atoms with Gasteiger partial charge < -0.3 is 0 Å². The number of rotatable bonds is 1. The molecule has 0 aromatic carbocycles. The van der Waals surface area contributed by atoms with Crippen LogP contribution in [-0.2, 0) is 9.84 Å². The van der Waals surface area contributed by atoms with Gasteiger partial charge in [0.05, 0.1) is 0 Å². The number of allylic oxidation sites excluding steroid dienone is 5. The highest BCUT2D eigenvalue weighted by molar-refractivity contribution is 7.95. The zero-order valence-electron chi connectivity index (χ0n) is 6.82. The van der Waals surface area contributed by atoms with E-state index in [2.05, 4.69) is 0 Å². The highest BCUT2D eigenvalue weighted by Crippen LogP contribution is 2.26. The third-order valence-electron chi connectivity index (χ3n) is 1.41. The first-order valence-corrected chi connectivity index (χ1v) is 5.09. The van der Waals surface area contributed by atoms with Crippen LogP contribution in [0.25, 0.3) is 0 Å². The highest BCUT2D eigenvalue weighted by atomic mass is 32.2. The first kappa shape index (κ1) is 10.9. The molecule has 1 aliphatic rings. The van der Waals surface area contributed by atoms with Crippen molar-refractivity contribution in [3.8, 4) is 0 Å². The summed E-state index contributed by atoms with van der Waals surface area (Å²) in [5.74, 6) is 0. The fourth-order valence-corrected chi connectivity index (χ4v) is 1.43. The molecule has 6 heteroatoms. The van der Waals surface area contributed by atoms with E-state index < -0.39 is 15.3 Å². The van der Waals surface area contributed by atoms with Gasteiger partial charge in [0.1, 0.15) is 0 Å². The summed E-state index contributed by atoms with van der Waals surface area (Å²) in [6, 6.07) is 0. The largest absolute Gasteiger partial charge is 0.493 e. The summed E-state index contributed by atoms with van der Waals surface area (Å²) < 4.78 is 57.0. The predicted molar refractivity (Wildman–Crippen MR) is 45.6 cm³/mol. The lowest BCUT2D eigenvalue weighted by Gasteiger charge is -2.11. The molecule has 0 atom stereocenters. The van der Waals surface area contributed by atoms with Gasteiger partial charge >= 0.3 is 5.51 Å². The van der Waals surface area contributed by atoms with Crippen LogP contribution in [0.2, 0.25) is 0 Å². The van der Waals surface area contributed by atoms with E-state index in [1.165, 1.54) is 24.6 Å². The van der Waals surface area contributed by atoms with E-state index in [0.29, 0.717) is 0 Å². The Morgan fingerprint density at radius 3 is 2.36 bits per heavy atom. The Labute approximate surface area is 79.3 Å². The first-order valence-electron chi connectivity index (χ1n) is 3.54. The normalized spacial score (nSPS) is 19.8. The van der Waals surface area contributed by atoms with Crippen LogP contribution in [0.3, 0.4) is 0 Å². The molecular weight excluding hydrogens is 217 g/mol. The van der Waals surface area contributed by atoms with E-state index in [9.17, 15) is 21.6 Å². The van der Waals surface area contributed by atoms with E-state index in [4.69, 9.17) is 0 Å². The third kappa shape index (κ3) is 2.41. The van der Waals surface area contributed by atoms with Crippen LogP contribution in [0.15, 0.2) is 35.3 Å². The zero-order chi connectivity index (χ0) is 10.8. The Kier molecular flexibility index (Phi) is 2.75. The Balaban J connectivity index is 2.98. The van der Waals surface area contributed by atoms with Crippen LogP contribution < -0.4 is 0 Å². The van der Waals surface area contributed by atoms with Gasteiger partial charge in [-0.15, -0.1) is 36.3 Å². The molecule has 0 fully saturated rings. The Bertz CT molecular complexity index is 399. The number of halogens is 3. The molecule has 0 N–H and O–H groups in total. The van der Waals surface area contributed by atoms with Gasteiger partial charge in [-0.3, -0.25) is 0 Å². The van der Waals surface area contributed by atoms with Crippen LogP contribution in [0.4, 0.5) is 13.2 Å². The molecule has 2 nitrogen and oxygen atoms in total. The van der Waals surface area contributed by atoms with Crippen molar-refractivity contribution in [3.63, 3.8) is 0 Å². The van der Waals surface area contributed by atoms with E-state index in [1.54, 1.807) is 6.08 Å². The van der Waals surface area contributed by atoms with E-state index in [1.807, 2.05) is 0 Å². The minimum atomic E-state index is -5.23. The topological polar surface area (TPSA) is 34.1 Å². The monoisotopic (exact) mass is 223 g/mol. The SMILES string of the molecule is O=S(=O)(/C=C1/C=CC=C[CH-]1)C(F)(F)F. The lowest BCUT2D eigenvalue weighted by atomic mass is 10.1. The molecule has 0 amide bonds. The van der Waals surface area contributed by atoms with Crippen molar-refractivity contribution in [1.29, 1.82) is 0 Å². The van der Waals surface area contributed by atoms with Gasteiger partial charge in [0.15, 0.2) is 0 Å². The van der Waals surface area contributed by atoms with E-state index in [0.717, 1.165) is 0 Å². The summed E-state index contributed by atoms with van der Waals surface area (Å²) in [5.41, 5.74) is -5.23. The Hall–Kier alpha value is -1.17. The molecule has 0 saturated carbocycles.